The zero-order chi connectivity index (χ0) is 13.8. The summed E-state index contributed by atoms with van der Waals surface area (Å²) in [6, 6.07) is 5.92. The molecule has 1 aromatic rings. The highest BCUT2D eigenvalue weighted by Crippen LogP contribution is 2.13. The second kappa shape index (κ2) is 5.97. The van der Waals surface area contributed by atoms with Crippen LogP contribution in [-0.4, -0.2) is 52.8 Å². The molecule has 1 amide bonds. The fraction of sp³-hybridized carbons (Fsp3) is 0.417. The summed E-state index contributed by atoms with van der Waals surface area (Å²) in [4.78, 5) is 13.3. The van der Waals surface area contributed by atoms with Gasteiger partial charge < -0.3 is 9.64 Å². The van der Waals surface area contributed by atoms with E-state index in [1.807, 2.05) is 0 Å². The number of hydrogen-bond acceptors (Lipinski definition) is 4. The summed E-state index contributed by atoms with van der Waals surface area (Å²) >= 11 is 0. The number of rotatable bonds is 5. The van der Waals surface area contributed by atoms with Crippen LogP contribution in [0.4, 0.5) is 0 Å². The van der Waals surface area contributed by atoms with Gasteiger partial charge in [-0.15, -0.1) is 0 Å². The van der Waals surface area contributed by atoms with Crippen LogP contribution in [0.5, 0.6) is 0 Å². The Balaban J connectivity index is 2.93. The predicted octanol–water partition coefficient (Wildman–Crippen LogP) is 0.808. The lowest BCUT2D eigenvalue weighted by Gasteiger charge is -2.10. The maximum Gasteiger partial charge on any atom is 0.253 e. The van der Waals surface area contributed by atoms with E-state index in [-0.39, 0.29) is 23.2 Å². The Morgan fingerprint density at radius 2 is 1.78 bits per heavy atom. The molecule has 0 N–H and O–H groups in total. The normalized spacial score (nSPS) is 11.3. The minimum atomic E-state index is -3.34. The molecule has 5 nitrogen and oxygen atoms in total. The van der Waals surface area contributed by atoms with E-state index in [0.29, 0.717) is 5.56 Å². The van der Waals surface area contributed by atoms with Crippen LogP contribution in [0, 0.1) is 0 Å². The SMILES string of the molecule is COCCS(=O)(=O)c1ccc(C(=O)N(C)C)cc1. The zero-order valence-corrected chi connectivity index (χ0v) is 11.5. The third kappa shape index (κ3) is 3.54. The number of amides is 1. The van der Waals surface area contributed by atoms with Crippen LogP contribution >= 0.6 is 0 Å². The highest BCUT2D eigenvalue weighted by molar-refractivity contribution is 7.91. The number of sulfone groups is 1. The average Bonchev–Trinajstić information content (AvgIpc) is 2.35. The molecule has 1 rings (SSSR count). The maximum atomic E-state index is 11.8. The molecule has 0 aliphatic rings. The summed E-state index contributed by atoms with van der Waals surface area (Å²) in [7, 11) is 1.41. The fourth-order valence-electron chi connectivity index (χ4n) is 1.37. The van der Waals surface area contributed by atoms with Crippen LogP contribution in [0.1, 0.15) is 10.4 Å². The van der Waals surface area contributed by atoms with E-state index in [4.69, 9.17) is 4.74 Å². The number of benzene rings is 1. The monoisotopic (exact) mass is 271 g/mol. The lowest BCUT2D eigenvalue weighted by atomic mass is 10.2. The van der Waals surface area contributed by atoms with Crippen molar-refractivity contribution in [3.8, 4) is 0 Å². The first-order valence-corrected chi connectivity index (χ1v) is 7.07. The highest BCUT2D eigenvalue weighted by Gasteiger charge is 2.15. The Morgan fingerprint density at radius 3 is 2.22 bits per heavy atom. The first-order chi connectivity index (χ1) is 8.38. The van der Waals surface area contributed by atoms with Gasteiger partial charge in [0.15, 0.2) is 9.84 Å². The molecule has 0 saturated heterocycles. The van der Waals surface area contributed by atoms with E-state index in [1.165, 1.54) is 36.3 Å². The van der Waals surface area contributed by atoms with Gasteiger partial charge in [0.1, 0.15) is 0 Å². The van der Waals surface area contributed by atoms with Crippen molar-refractivity contribution in [3.05, 3.63) is 29.8 Å². The van der Waals surface area contributed by atoms with Gasteiger partial charge in [0.25, 0.3) is 5.91 Å². The summed E-state index contributed by atoms with van der Waals surface area (Å²) in [6.07, 6.45) is 0. The van der Waals surface area contributed by atoms with Gasteiger partial charge in [0.05, 0.1) is 17.3 Å². The summed E-state index contributed by atoms with van der Waals surface area (Å²) in [5.41, 5.74) is 0.464. The third-order valence-electron chi connectivity index (χ3n) is 2.42. The second-order valence-electron chi connectivity index (χ2n) is 4.04. The van der Waals surface area contributed by atoms with Crippen LogP contribution in [0.25, 0.3) is 0 Å². The lowest BCUT2D eigenvalue weighted by Crippen LogP contribution is -2.21. The van der Waals surface area contributed by atoms with Crippen molar-refractivity contribution >= 4 is 15.7 Å². The standard InChI is InChI=1S/C12H17NO4S/c1-13(2)12(14)10-4-6-11(7-5-10)18(15,16)9-8-17-3/h4-7H,8-9H2,1-3H3. The Hall–Kier alpha value is -1.40. The topological polar surface area (TPSA) is 63.7 Å². The molecule has 6 heteroatoms. The van der Waals surface area contributed by atoms with E-state index >= 15 is 0 Å². The molecule has 0 aromatic heterocycles. The molecule has 0 aliphatic heterocycles. The molecule has 0 spiro atoms. The van der Waals surface area contributed by atoms with Crippen molar-refractivity contribution < 1.29 is 17.9 Å². The highest BCUT2D eigenvalue weighted by atomic mass is 32.2. The van der Waals surface area contributed by atoms with Gasteiger partial charge in [-0.3, -0.25) is 4.79 Å². The van der Waals surface area contributed by atoms with E-state index in [0.717, 1.165) is 0 Å². The first kappa shape index (κ1) is 14.7. The van der Waals surface area contributed by atoms with Crippen molar-refractivity contribution in [3.63, 3.8) is 0 Å². The van der Waals surface area contributed by atoms with Gasteiger partial charge in [0, 0.05) is 26.8 Å². The van der Waals surface area contributed by atoms with Crippen LogP contribution in [-0.2, 0) is 14.6 Å². The summed E-state index contributed by atoms with van der Waals surface area (Å²) in [5.74, 6) is -0.222. The molecule has 0 aliphatic carbocycles. The second-order valence-corrected chi connectivity index (χ2v) is 6.14. The van der Waals surface area contributed by atoms with Gasteiger partial charge in [0.2, 0.25) is 0 Å². The minimum Gasteiger partial charge on any atom is -0.384 e. The van der Waals surface area contributed by atoms with Gasteiger partial charge in [-0.2, -0.15) is 0 Å². The van der Waals surface area contributed by atoms with E-state index in [2.05, 4.69) is 0 Å². The first-order valence-electron chi connectivity index (χ1n) is 5.42. The van der Waals surface area contributed by atoms with Gasteiger partial charge in [-0.05, 0) is 24.3 Å². The smallest absolute Gasteiger partial charge is 0.253 e. The van der Waals surface area contributed by atoms with Gasteiger partial charge in [-0.1, -0.05) is 0 Å². The number of methoxy groups -OCH3 is 1. The van der Waals surface area contributed by atoms with Crippen molar-refractivity contribution in [2.24, 2.45) is 0 Å². The van der Waals surface area contributed by atoms with Crippen molar-refractivity contribution in [2.45, 2.75) is 4.90 Å². The Bertz CT molecular complexity index is 505. The van der Waals surface area contributed by atoms with Crippen LogP contribution in [0.15, 0.2) is 29.2 Å². The van der Waals surface area contributed by atoms with Crippen molar-refractivity contribution in [1.29, 1.82) is 0 Å². The molecule has 0 fully saturated rings. The fourth-order valence-corrected chi connectivity index (χ4v) is 2.55. The molecule has 1 aromatic carbocycles. The summed E-state index contributed by atoms with van der Waals surface area (Å²) in [6.45, 7) is 0.153. The van der Waals surface area contributed by atoms with Gasteiger partial charge in [-0.25, -0.2) is 8.42 Å². The van der Waals surface area contributed by atoms with Crippen LogP contribution in [0.2, 0.25) is 0 Å². The Morgan fingerprint density at radius 1 is 1.22 bits per heavy atom. The average molecular weight is 271 g/mol. The lowest BCUT2D eigenvalue weighted by molar-refractivity contribution is 0.0827. The molecule has 0 atom stereocenters. The quantitative estimate of drug-likeness (QED) is 0.795. The largest absolute Gasteiger partial charge is 0.384 e. The molecular formula is C12H17NO4S. The zero-order valence-electron chi connectivity index (χ0n) is 10.7. The van der Waals surface area contributed by atoms with Gasteiger partial charge >= 0.3 is 0 Å². The summed E-state index contributed by atoms with van der Waals surface area (Å²) < 4.78 is 28.4. The van der Waals surface area contributed by atoms with Crippen LogP contribution in [0.3, 0.4) is 0 Å². The van der Waals surface area contributed by atoms with Crippen molar-refractivity contribution in [2.75, 3.05) is 33.6 Å². The number of ether oxygens (including phenoxy) is 1. The van der Waals surface area contributed by atoms with E-state index in [1.54, 1.807) is 14.1 Å². The number of hydrogen-bond donors (Lipinski definition) is 0. The molecule has 0 saturated carbocycles. The summed E-state index contributed by atoms with van der Waals surface area (Å²) in [5, 5.41) is 0. The van der Waals surface area contributed by atoms with E-state index in [9.17, 15) is 13.2 Å². The Labute approximate surface area is 107 Å². The number of carbonyl (C=O) groups is 1. The molecule has 100 valence electrons. The molecule has 0 heterocycles. The van der Waals surface area contributed by atoms with Crippen LogP contribution < -0.4 is 0 Å². The Kier molecular flexibility index (Phi) is 4.86. The number of nitrogens with zero attached hydrogens (tertiary/aromatic N) is 1. The molecular weight excluding hydrogens is 254 g/mol. The third-order valence-corrected chi connectivity index (χ3v) is 4.12. The van der Waals surface area contributed by atoms with Crippen molar-refractivity contribution in [1.82, 2.24) is 4.90 Å². The maximum absolute atomic E-state index is 11.8. The number of carbonyl (C=O) groups excluding carboxylic acids is 1. The van der Waals surface area contributed by atoms with E-state index < -0.39 is 9.84 Å². The minimum absolute atomic E-state index is 0.0650. The molecule has 0 bridgehead atoms. The predicted molar refractivity (Wildman–Crippen MR) is 68.4 cm³/mol. The molecule has 18 heavy (non-hydrogen) atoms. The molecule has 0 unspecified atom stereocenters. The molecule has 0 radical (unpaired) electrons.